The summed E-state index contributed by atoms with van der Waals surface area (Å²) in [6.45, 7) is 7.38. The minimum absolute atomic E-state index is 0.0139. The van der Waals surface area contributed by atoms with Gasteiger partial charge in [0, 0.05) is 13.0 Å². The van der Waals surface area contributed by atoms with Crippen LogP contribution in [0.1, 0.15) is 201 Å². The topological polar surface area (TPSA) is 61.8 Å². The Labute approximate surface area is 406 Å². The first-order valence-electron chi connectivity index (χ1n) is 26.4. The van der Waals surface area contributed by atoms with E-state index < -0.39 is 6.10 Å². The molecule has 0 fully saturated rings. The van der Waals surface area contributed by atoms with Crippen molar-refractivity contribution in [1.82, 2.24) is 0 Å². The van der Waals surface area contributed by atoms with Gasteiger partial charge in [-0.05, 0) is 122 Å². The van der Waals surface area contributed by atoms with Crippen molar-refractivity contribution < 1.29 is 23.8 Å². The quantitative estimate of drug-likeness (QED) is 0.0346. The molecule has 0 saturated heterocycles. The Morgan fingerprint density at radius 3 is 1.17 bits per heavy atom. The van der Waals surface area contributed by atoms with Crippen LogP contribution < -0.4 is 0 Å². The van der Waals surface area contributed by atoms with Crippen LogP contribution in [0.2, 0.25) is 0 Å². The van der Waals surface area contributed by atoms with Crippen LogP contribution in [0.4, 0.5) is 0 Å². The van der Waals surface area contributed by atoms with Crippen molar-refractivity contribution in [1.29, 1.82) is 0 Å². The van der Waals surface area contributed by atoms with Crippen molar-refractivity contribution in [3.63, 3.8) is 0 Å². The van der Waals surface area contributed by atoms with Gasteiger partial charge in [-0.2, -0.15) is 0 Å². The van der Waals surface area contributed by atoms with Gasteiger partial charge in [0.1, 0.15) is 6.61 Å². The number of esters is 2. The highest BCUT2D eigenvalue weighted by Gasteiger charge is 2.17. The molecule has 0 aromatic heterocycles. The Morgan fingerprint density at radius 1 is 0.364 bits per heavy atom. The van der Waals surface area contributed by atoms with Gasteiger partial charge >= 0.3 is 11.9 Å². The molecule has 1 unspecified atom stereocenters. The van der Waals surface area contributed by atoms with Crippen LogP contribution in [0, 0.1) is 0 Å². The van der Waals surface area contributed by atoms with Crippen LogP contribution in [-0.4, -0.2) is 37.9 Å². The number of rotatable bonds is 46. The van der Waals surface area contributed by atoms with Crippen molar-refractivity contribution in [3.05, 3.63) is 146 Å². The van der Waals surface area contributed by atoms with Crippen molar-refractivity contribution in [2.75, 3.05) is 19.8 Å². The maximum absolute atomic E-state index is 12.8. The van der Waals surface area contributed by atoms with Crippen molar-refractivity contribution >= 4 is 11.9 Å². The molecule has 0 heterocycles. The second-order valence-corrected chi connectivity index (χ2v) is 16.7. The first-order valence-corrected chi connectivity index (χ1v) is 26.4. The lowest BCUT2D eigenvalue weighted by molar-refractivity contribution is -0.162. The van der Waals surface area contributed by atoms with E-state index in [1.807, 2.05) is 12.2 Å². The Bertz CT molecular complexity index is 1450. The van der Waals surface area contributed by atoms with Crippen LogP contribution in [0.5, 0.6) is 0 Å². The third-order valence-corrected chi connectivity index (χ3v) is 10.4. The fraction of sp³-hybridized carbons (Fsp3) is 0.574. The summed E-state index contributed by atoms with van der Waals surface area (Å²) in [5, 5.41) is 0. The number of ether oxygens (including phenoxy) is 3. The minimum atomic E-state index is -0.621. The van der Waals surface area contributed by atoms with E-state index >= 15 is 0 Å². The number of carbonyl (C=O) groups is 2. The Hall–Kier alpha value is -4.22. The molecule has 5 heteroatoms. The Balaban J connectivity index is 4.50. The van der Waals surface area contributed by atoms with Gasteiger partial charge in [-0.3, -0.25) is 9.59 Å². The third kappa shape index (κ3) is 52.4. The predicted octanol–water partition coefficient (Wildman–Crippen LogP) is 18.1. The summed E-state index contributed by atoms with van der Waals surface area (Å²) in [4.78, 5) is 25.4. The van der Waals surface area contributed by atoms with Crippen LogP contribution in [0.3, 0.4) is 0 Å². The summed E-state index contributed by atoms with van der Waals surface area (Å²) in [5.41, 5.74) is 0. The molecule has 0 saturated carbocycles. The van der Waals surface area contributed by atoms with Crippen LogP contribution in [0.15, 0.2) is 146 Å². The second kappa shape index (κ2) is 55.1. The highest BCUT2D eigenvalue weighted by atomic mass is 16.6. The maximum Gasteiger partial charge on any atom is 0.310 e. The molecule has 0 aliphatic heterocycles. The van der Waals surface area contributed by atoms with Crippen LogP contribution in [-0.2, 0) is 23.8 Å². The zero-order valence-corrected chi connectivity index (χ0v) is 42.4. The Morgan fingerprint density at radius 2 is 0.727 bits per heavy atom. The van der Waals surface area contributed by atoms with Crippen molar-refractivity contribution in [3.8, 4) is 0 Å². The SMILES string of the molecule is CC/C=C\C/C=C\C/C=C\C/C=C\C/C=C\CCCCCC(=O)OCC(COCCCCCCCC/C=C\C/C=C\CCCCC)OC(=O)C/C=C\C/C=C\C/C=C\C/C=C\C/C=C\CC. The molecule has 0 aliphatic carbocycles. The first-order chi connectivity index (χ1) is 32.6. The molecule has 0 amide bonds. The summed E-state index contributed by atoms with van der Waals surface area (Å²) >= 11 is 0. The zero-order valence-electron chi connectivity index (χ0n) is 42.4. The number of allylic oxidation sites excluding steroid dienone is 23. The molecule has 0 spiro atoms. The summed E-state index contributed by atoms with van der Waals surface area (Å²) < 4.78 is 17.3. The van der Waals surface area contributed by atoms with E-state index in [0.29, 0.717) is 13.0 Å². The minimum Gasteiger partial charge on any atom is -0.462 e. The van der Waals surface area contributed by atoms with E-state index in [9.17, 15) is 9.59 Å². The molecule has 0 aliphatic rings. The van der Waals surface area contributed by atoms with Gasteiger partial charge in [-0.15, -0.1) is 0 Å². The maximum atomic E-state index is 12.8. The molecule has 0 bridgehead atoms. The second-order valence-electron chi connectivity index (χ2n) is 16.7. The summed E-state index contributed by atoms with van der Waals surface area (Å²) in [6.07, 6.45) is 80.2. The van der Waals surface area contributed by atoms with E-state index in [0.717, 1.165) is 116 Å². The van der Waals surface area contributed by atoms with Crippen molar-refractivity contribution in [2.45, 2.75) is 207 Å². The van der Waals surface area contributed by atoms with Crippen LogP contribution in [0.25, 0.3) is 0 Å². The summed E-state index contributed by atoms with van der Waals surface area (Å²) in [7, 11) is 0. The highest BCUT2D eigenvalue weighted by molar-refractivity contribution is 5.71. The molecule has 0 rings (SSSR count). The molecule has 370 valence electrons. The number of carbonyl (C=O) groups excluding carboxylic acids is 2. The normalized spacial score (nSPS) is 13.4. The van der Waals surface area contributed by atoms with Gasteiger partial charge in [0.25, 0.3) is 0 Å². The summed E-state index contributed by atoms with van der Waals surface area (Å²) in [5.74, 6) is -0.598. The molecule has 0 radical (unpaired) electrons. The fourth-order valence-electron chi connectivity index (χ4n) is 6.52. The predicted molar refractivity (Wildman–Crippen MR) is 288 cm³/mol. The number of hydrogen-bond donors (Lipinski definition) is 0. The van der Waals surface area contributed by atoms with Crippen molar-refractivity contribution in [2.24, 2.45) is 0 Å². The van der Waals surface area contributed by atoms with Gasteiger partial charge in [-0.25, -0.2) is 0 Å². The smallest absolute Gasteiger partial charge is 0.310 e. The lowest BCUT2D eigenvalue weighted by Crippen LogP contribution is -2.29. The fourth-order valence-corrected chi connectivity index (χ4v) is 6.52. The molecule has 1 atom stereocenters. The molecule has 0 aromatic carbocycles. The van der Waals surface area contributed by atoms with Gasteiger partial charge in [0.2, 0.25) is 0 Å². The monoisotopic (exact) mass is 909 g/mol. The third-order valence-electron chi connectivity index (χ3n) is 10.4. The number of unbranched alkanes of at least 4 members (excludes halogenated alkanes) is 12. The molecule has 5 nitrogen and oxygen atoms in total. The molecular weight excluding hydrogens is 813 g/mol. The number of hydrogen-bond acceptors (Lipinski definition) is 5. The average Bonchev–Trinajstić information content (AvgIpc) is 3.32. The lowest BCUT2D eigenvalue weighted by atomic mass is 10.1. The van der Waals surface area contributed by atoms with E-state index in [1.54, 1.807) is 0 Å². The first kappa shape index (κ1) is 61.8. The van der Waals surface area contributed by atoms with E-state index in [2.05, 4.69) is 154 Å². The molecule has 66 heavy (non-hydrogen) atoms. The van der Waals surface area contributed by atoms with E-state index in [4.69, 9.17) is 14.2 Å². The van der Waals surface area contributed by atoms with Crippen LogP contribution >= 0.6 is 0 Å². The van der Waals surface area contributed by atoms with E-state index in [-0.39, 0.29) is 31.6 Å². The van der Waals surface area contributed by atoms with E-state index in [1.165, 1.54) is 51.4 Å². The van der Waals surface area contributed by atoms with Gasteiger partial charge in [-0.1, -0.05) is 212 Å². The lowest BCUT2D eigenvalue weighted by Gasteiger charge is -2.18. The zero-order chi connectivity index (χ0) is 47.7. The largest absolute Gasteiger partial charge is 0.462 e. The van der Waals surface area contributed by atoms with Gasteiger partial charge in [0.15, 0.2) is 6.10 Å². The molecule has 0 aromatic rings. The highest BCUT2D eigenvalue weighted by Crippen LogP contribution is 2.10. The molecule has 0 N–H and O–H groups in total. The molecular formula is C61H96O5. The van der Waals surface area contributed by atoms with Gasteiger partial charge < -0.3 is 14.2 Å². The average molecular weight is 909 g/mol. The van der Waals surface area contributed by atoms with Gasteiger partial charge in [0.05, 0.1) is 13.0 Å². The summed E-state index contributed by atoms with van der Waals surface area (Å²) in [6, 6.07) is 0. The Kier molecular flexibility index (Phi) is 51.6. The standard InChI is InChI=1S/C61H96O5/c1-4-7-10-13-16-19-22-25-28-30-31-32-34-36-39-42-45-48-51-54-60(62)65-58-59(57-64-56-53-50-47-44-41-38-35-29-26-23-20-17-14-11-8-5-2)66-61(63)55-52-49-46-43-40-37-33-27-24-21-18-15-12-9-6-3/h7,9-10,12,16-21,25-29,31-33,36,39-40,43,49,52,59H,4-6,8,11,13-15,22-24,30,34-35,37-38,41-42,44-48,50-51,53-58H2,1-3H3/b10-7-,12-9-,19-16-,20-17-,21-18-,28-25-,29-26-,32-31-,33-27-,39-36-,43-40-,52-49-.